The van der Waals surface area contributed by atoms with Crippen LogP contribution >= 0.6 is 0 Å². The molecule has 0 amide bonds. The summed E-state index contributed by atoms with van der Waals surface area (Å²) in [5.74, 6) is 0.303. The van der Waals surface area contributed by atoms with E-state index in [2.05, 4.69) is 202 Å². The molecule has 0 spiro atoms. The molecule has 0 bridgehead atoms. The largest absolute Gasteiger partial charge is 0.310 e. The number of anilines is 3. The molecule has 6 aromatic carbocycles. The number of fused-ring (bicyclic) bond motifs is 6. The predicted octanol–water partition coefficient (Wildman–Crippen LogP) is 14.0. The van der Waals surface area contributed by atoms with Crippen molar-refractivity contribution < 1.29 is 0 Å². The summed E-state index contributed by atoms with van der Waals surface area (Å²) in [7, 11) is 0. The highest BCUT2D eigenvalue weighted by atomic mass is 15.1. The number of rotatable bonds is 6. The van der Waals surface area contributed by atoms with Crippen molar-refractivity contribution in [3.05, 3.63) is 186 Å². The summed E-state index contributed by atoms with van der Waals surface area (Å²) in [6, 6.07) is 51.6. The number of aromatic nitrogens is 1. The summed E-state index contributed by atoms with van der Waals surface area (Å²) in [5, 5.41) is 2.56. The van der Waals surface area contributed by atoms with Gasteiger partial charge >= 0.3 is 0 Å². The molecule has 254 valence electrons. The molecule has 1 aromatic heterocycles. The molecule has 2 heteroatoms. The average Bonchev–Trinajstić information content (AvgIpc) is 3.53. The van der Waals surface area contributed by atoms with Crippen LogP contribution in [0.3, 0.4) is 0 Å². The van der Waals surface area contributed by atoms with Gasteiger partial charge < -0.3 is 9.47 Å². The number of hydrogen-bond donors (Lipinski definition) is 0. The molecule has 2 aliphatic carbocycles. The van der Waals surface area contributed by atoms with Gasteiger partial charge in [0.25, 0.3) is 0 Å². The Balaban J connectivity index is 1.22. The van der Waals surface area contributed by atoms with Gasteiger partial charge in [-0.1, -0.05) is 136 Å². The third-order valence-corrected chi connectivity index (χ3v) is 11.3. The summed E-state index contributed by atoms with van der Waals surface area (Å²) in [6.07, 6.45) is 7.77. The number of hydrogen-bond acceptors (Lipinski definition) is 1. The van der Waals surface area contributed by atoms with Gasteiger partial charge in [-0.05, 0) is 107 Å². The average molecular weight is 673 g/mol. The lowest BCUT2D eigenvalue weighted by Crippen LogP contribution is -2.16. The topological polar surface area (TPSA) is 8.17 Å². The Labute approximate surface area is 307 Å². The van der Waals surface area contributed by atoms with Crippen LogP contribution in [0.2, 0.25) is 0 Å². The number of nitrogens with zero attached hydrogens (tertiary/aromatic N) is 2. The van der Waals surface area contributed by atoms with E-state index in [0.29, 0.717) is 5.92 Å². The molecule has 2 nitrogen and oxygen atoms in total. The lowest BCUT2D eigenvalue weighted by molar-refractivity contribution is 0.660. The van der Waals surface area contributed by atoms with Gasteiger partial charge in [0, 0.05) is 38.8 Å². The summed E-state index contributed by atoms with van der Waals surface area (Å²) in [6.45, 7) is 11.7. The number of allylic oxidation sites excluding steroid dienone is 6. The van der Waals surface area contributed by atoms with Gasteiger partial charge in [-0.15, -0.1) is 0 Å². The van der Waals surface area contributed by atoms with Gasteiger partial charge in [-0.25, -0.2) is 0 Å². The zero-order valence-electron chi connectivity index (χ0n) is 30.7. The van der Waals surface area contributed by atoms with Crippen molar-refractivity contribution in [3.8, 4) is 11.1 Å². The predicted molar refractivity (Wildman–Crippen MR) is 223 cm³/mol. The van der Waals surface area contributed by atoms with Crippen molar-refractivity contribution in [2.45, 2.75) is 52.4 Å². The van der Waals surface area contributed by atoms with Crippen molar-refractivity contribution in [1.29, 1.82) is 0 Å². The van der Waals surface area contributed by atoms with Crippen molar-refractivity contribution in [2.75, 3.05) is 4.90 Å². The van der Waals surface area contributed by atoms with Crippen LogP contribution in [-0.2, 0) is 5.41 Å². The fraction of sp³-hybridized carbons (Fsp3) is 0.160. The summed E-state index contributed by atoms with van der Waals surface area (Å²) >= 11 is 0. The van der Waals surface area contributed by atoms with Gasteiger partial charge in [-0.3, -0.25) is 0 Å². The maximum absolute atomic E-state index is 2.48. The zero-order valence-corrected chi connectivity index (χ0v) is 30.7. The third-order valence-electron chi connectivity index (χ3n) is 11.3. The highest BCUT2D eigenvalue weighted by molar-refractivity contribution is 6.14. The van der Waals surface area contributed by atoms with Crippen LogP contribution < -0.4 is 4.90 Å². The lowest BCUT2D eigenvalue weighted by atomic mass is 9.82. The molecule has 7 aromatic rings. The highest BCUT2D eigenvalue weighted by Crippen LogP contribution is 2.51. The lowest BCUT2D eigenvalue weighted by Gasteiger charge is -2.30. The van der Waals surface area contributed by atoms with Crippen molar-refractivity contribution in [1.82, 2.24) is 4.57 Å². The summed E-state index contributed by atoms with van der Waals surface area (Å²) < 4.78 is 2.48. The molecule has 0 unspecified atom stereocenters. The van der Waals surface area contributed by atoms with Gasteiger partial charge in [0.2, 0.25) is 0 Å². The van der Waals surface area contributed by atoms with Crippen LogP contribution in [0.25, 0.3) is 44.2 Å². The molecule has 0 radical (unpaired) electrons. The van der Waals surface area contributed by atoms with E-state index in [4.69, 9.17) is 0 Å². The standard InChI is InChI=1S/C50H44N2/c1-33(2)43-31-36(51(35-18-7-6-8-19-35)37-27-29-39-38-20-10-13-23-44(38)50(4,5)45(39)32-37)28-30-42(43)49-34(3)17-9-14-26-48(49)52-46-24-15-11-21-40(46)41-22-12-16-25-47(41)52/h6-16,18-33H,17H2,1-5H3. The second-order valence-corrected chi connectivity index (χ2v) is 15.2. The van der Waals surface area contributed by atoms with Crippen LogP contribution in [0, 0.1) is 0 Å². The molecular formula is C50H44N2. The minimum Gasteiger partial charge on any atom is -0.310 e. The second kappa shape index (κ2) is 12.4. The van der Waals surface area contributed by atoms with Crippen LogP contribution in [0.1, 0.15) is 69.2 Å². The van der Waals surface area contributed by atoms with Gasteiger partial charge in [0.1, 0.15) is 0 Å². The first-order valence-electron chi connectivity index (χ1n) is 18.6. The first kappa shape index (κ1) is 32.1. The maximum Gasteiger partial charge on any atom is 0.0541 e. The molecule has 52 heavy (non-hydrogen) atoms. The molecule has 0 atom stereocenters. The first-order chi connectivity index (χ1) is 25.3. The molecule has 1 heterocycles. The molecule has 0 saturated heterocycles. The molecule has 0 fully saturated rings. The van der Waals surface area contributed by atoms with Gasteiger partial charge in [0.15, 0.2) is 0 Å². The van der Waals surface area contributed by atoms with E-state index in [1.165, 1.54) is 83.4 Å². The Hall–Kier alpha value is -5.86. The Morgan fingerprint density at radius 3 is 1.90 bits per heavy atom. The summed E-state index contributed by atoms with van der Waals surface area (Å²) in [5.41, 5.74) is 17.9. The fourth-order valence-corrected chi connectivity index (χ4v) is 8.79. The highest BCUT2D eigenvalue weighted by Gasteiger charge is 2.36. The Morgan fingerprint density at radius 1 is 0.596 bits per heavy atom. The minimum absolute atomic E-state index is 0.0790. The normalized spacial score (nSPS) is 14.8. The Kier molecular flexibility index (Phi) is 7.66. The number of benzene rings is 6. The van der Waals surface area contributed by atoms with Gasteiger partial charge in [0.05, 0.1) is 16.7 Å². The molecule has 0 aliphatic heterocycles. The fourth-order valence-electron chi connectivity index (χ4n) is 8.79. The maximum atomic E-state index is 2.48. The Morgan fingerprint density at radius 2 is 1.19 bits per heavy atom. The number of para-hydroxylation sites is 3. The molecule has 0 N–H and O–H groups in total. The van der Waals surface area contributed by atoms with E-state index in [-0.39, 0.29) is 5.41 Å². The van der Waals surface area contributed by atoms with E-state index in [0.717, 1.165) is 12.1 Å². The van der Waals surface area contributed by atoms with Crippen LogP contribution in [0.5, 0.6) is 0 Å². The minimum atomic E-state index is -0.0790. The molecular weight excluding hydrogens is 629 g/mol. The van der Waals surface area contributed by atoms with E-state index < -0.39 is 0 Å². The smallest absolute Gasteiger partial charge is 0.0541 e. The van der Waals surface area contributed by atoms with Crippen molar-refractivity contribution >= 4 is 50.1 Å². The summed E-state index contributed by atoms with van der Waals surface area (Å²) in [4.78, 5) is 2.44. The van der Waals surface area contributed by atoms with E-state index >= 15 is 0 Å². The van der Waals surface area contributed by atoms with Crippen LogP contribution in [-0.4, -0.2) is 4.57 Å². The first-order valence-corrected chi connectivity index (χ1v) is 18.6. The van der Waals surface area contributed by atoms with E-state index in [9.17, 15) is 0 Å². The monoisotopic (exact) mass is 672 g/mol. The molecule has 0 saturated carbocycles. The molecule has 9 rings (SSSR count). The van der Waals surface area contributed by atoms with Crippen LogP contribution in [0.15, 0.2) is 163 Å². The zero-order chi connectivity index (χ0) is 35.6. The second-order valence-electron chi connectivity index (χ2n) is 15.2. The Bertz CT molecular complexity index is 2550. The van der Waals surface area contributed by atoms with Crippen molar-refractivity contribution in [2.24, 2.45) is 0 Å². The molecule has 2 aliphatic rings. The van der Waals surface area contributed by atoms with Crippen LogP contribution in [0.4, 0.5) is 17.1 Å². The quantitative estimate of drug-likeness (QED) is 0.171. The van der Waals surface area contributed by atoms with Crippen molar-refractivity contribution in [3.63, 3.8) is 0 Å². The van der Waals surface area contributed by atoms with E-state index in [1.54, 1.807) is 0 Å². The van der Waals surface area contributed by atoms with E-state index in [1.807, 2.05) is 0 Å². The third kappa shape index (κ3) is 5.00. The van der Waals surface area contributed by atoms with Gasteiger partial charge in [-0.2, -0.15) is 0 Å². The SMILES string of the molecule is CC1=C(c2ccc(N(c3ccccc3)c3ccc4c(c3)C(C)(C)c3ccccc3-4)cc2C(C)C)C(n2c3ccccc3c3ccccc32)=CC=CC1.